The van der Waals surface area contributed by atoms with E-state index in [2.05, 4.69) is 55.6 Å². The summed E-state index contributed by atoms with van der Waals surface area (Å²) in [6, 6.07) is 8.38. The molecule has 0 fully saturated rings. The molecule has 108 valence electrons. The summed E-state index contributed by atoms with van der Waals surface area (Å²) in [7, 11) is 2.13. The number of nitrogens with zero attached hydrogens (tertiary/aromatic N) is 1. The summed E-state index contributed by atoms with van der Waals surface area (Å²) in [5.41, 5.74) is 1.25. The second kappa shape index (κ2) is 6.87. The van der Waals surface area contributed by atoms with Crippen LogP contribution in [0, 0.1) is 5.41 Å². The lowest BCUT2D eigenvalue weighted by Gasteiger charge is -2.35. The van der Waals surface area contributed by atoms with Crippen LogP contribution in [0.15, 0.2) is 28.7 Å². The third-order valence-electron chi connectivity index (χ3n) is 3.92. The number of rotatable bonds is 5. The summed E-state index contributed by atoms with van der Waals surface area (Å²) in [4.78, 5) is 2.32. The van der Waals surface area contributed by atoms with E-state index >= 15 is 0 Å². The molecule has 1 aromatic rings. The SMILES string of the molecule is CC(N(C)CCC(O)c1ccc(Br)cc1)C(C)(C)C. The van der Waals surface area contributed by atoms with Crippen LogP contribution in [0.5, 0.6) is 0 Å². The van der Waals surface area contributed by atoms with Crippen molar-refractivity contribution < 1.29 is 5.11 Å². The number of benzene rings is 1. The van der Waals surface area contributed by atoms with Crippen LogP contribution >= 0.6 is 15.9 Å². The van der Waals surface area contributed by atoms with Gasteiger partial charge in [0, 0.05) is 17.1 Å². The minimum Gasteiger partial charge on any atom is -0.388 e. The Bertz CT molecular complexity index is 383. The van der Waals surface area contributed by atoms with Crippen molar-refractivity contribution in [1.82, 2.24) is 4.90 Å². The molecule has 2 atom stereocenters. The standard InChI is InChI=1S/C16H26BrNO/c1-12(16(2,3)4)18(5)11-10-15(19)13-6-8-14(17)9-7-13/h6-9,12,15,19H,10-11H2,1-5H3. The lowest BCUT2D eigenvalue weighted by molar-refractivity contribution is 0.104. The van der Waals surface area contributed by atoms with E-state index in [1.165, 1.54) is 0 Å². The Balaban J connectivity index is 2.50. The Kier molecular flexibility index (Phi) is 6.03. The first-order valence-electron chi connectivity index (χ1n) is 6.85. The van der Waals surface area contributed by atoms with Crippen molar-refractivity contribution in [3.8, 4) is 0 Å². The second-order valence-electron chi connectivity index (χ2n) is 6.38. The third kappa shape index (κ3) is 5.25. The molecule has 0 saturated heterocycles. The molecule has 3 heteroatoms. The highest BCUT2D eigenvalue weighted by Gasteiger charge is 2.24. The molecule has 0 heterocycles. The fourth-order valence-corrected chi connectivity index (χ4v) is 2.30. The van der Waals surface area contributed by atoms with Gasteiger partial charge in [0.25, 0.3) is 0 Å². The van der Waals surface area contributed by atoms with Crippen molar-refractivity contribution in [2.45, 2.75) is 46.3 Å². The first-order chi connectivity index (χ1) is 8.71. The lowest BCUT2D eigenvalue weighted by atomic mass is 9.87. The van der Waals surface area contributed by atoms with E-state index < -0.39 is 0 Å². The highest BCUT2D eigenvalue weighted by atomic mass is 79.9. The molecule has 0 aliphatic rings. The van der Waals surface area contributed by atoms with E-state index in [0.29, 0.717) is 6.04 Å². The Morgan fingerprint density at radius 3 is 2.21 bits per heavy atom. The normalized spacial score (nSPS) is 15.6. The number of aliphatic hydroxyl groups is 1. The monoisotopic (exact) mass is 327 g/mol. The van der Waals surface area contributed by atoms with Gasteiger partial charge in [-0.25, -0.2) is 0 Å². The maximum Gasteiger partial charge on any atom is 0.0802 e. The van der Waals surface area contributed by atoms with Crippen molar-refractivity contribution in [3.05, 3.63) is 34.3 Å². The molecule has 2 nitrogen and oxygen atoms in total. The van der Waals surface area contributed by atoms with Gasteiger partial charge in [0.05, 0.1) is 6.10 Å². The van der Waals surface area contributed by atoms with Gasteiger partial charge in [-0.1, -0.05) is 48.8 Å². The van der Waals surface area contributed by atoms with E-state index in [1.54, 1.807) is 0 Å². The Morgan fingerprint density at radius 2 is 1.74 bits per heavy atom. The van der Waals surface area contributed by atoms with Crippen molar-refractivity contribution in [3.63, 3.8) is 0 Å². The highest BCUT2D eigenvalue weighted by molar-refractivity contribution is 9.10. The molecule has 2 unspecified atom stereocenters. The molecule has 1 N–H and O–H groups in total. The molecular weight excluding hydrogens is 302 g/mol. The van der Waals surface area contributed by atoms with Crippen LogP contribution in [0.4, 0.5) is 0 Å². The molecular formula is C16H26BrNO. The average molecular weight is 328 g/mol. The minimum atomic E-state index is -0.386. The van der Waals surface area contributed by atoms with E-state index in [9.17, 15) is 5.11 Å². The smallest absolute Gasteiger partial charge is 0.0802 e. The maximum atomic E-state index is 10.2. The van der Waals surface area contributed by atoms with Gasteiger partial charge in [0.1, 0.15) is 0 Å². The van der Waals surface area contributed by atoms with Crippen molar-refractivity contribution in [1.29, 1.82) is 0 Å². The van der Waals surface area contributed by atoms with Crippen LogP contribution in [0.25, 0.3) is 0 Å². The van der Waals surface area contributed by atoms with Gasteiger partial charge in [-0.2, -0.15) is 0 Å². The van der Waals surface area contributed by atoms with Crippen molar-refractivity contribution >= 4 is 15.9 Å². The Morgan fingerprint density at radius 1 is 1.21 bits per heavy atom. The quantitative estimate of drug-likeness (QED) is 0.874. The molecule has 0 radical (unpaired) electrons. The Labute approximate surface area is 126 Å². The molecule has 0 amide bonds. The second-order valence-corrected chi connectivity index (χ2v) is 7.29. The van der Waals surface area contributed by atoms with E-state index in [1.807, 2.05) is 24.3 Å². The first-order valence-corrected chi connectivity index (χ1v) is 7.65. The Hall–Kier alpha value is -0.380. The maximum absolute atomic E-state index is 10.2. The minimum absolute atomic E-state index is 0.261. The van der Waals surface area contributed by atoms with Gasteiger partial charge in [0.2, 0.25) is 0 Å². The summed E-state index contributed by atoms with van der Waals surface area (Å²) < 4.78 is 1.04. The summed E-state index contributed by atoms with van der Waals surface area (Å²) in [6.07, 6.45) is 0.376. The van der Waals surface area contributed by atoms with Gasteiger partial charge < -0.3 is 10.0 Å². The predicted octanol–water partition coefficient (Wildman–Crippen LogP) is 4.24. The molecule has 19 heavy (non-hydrogen) atoms. The van der Waals surface area contributed by atoms with Crippen LogP contribution in [-0.4, -0.2) is 29.6 Å². The zero-order chi connectivity index (χ0) is 14.6. The van der Waals surface area contributed by atoms with E-state index in [0.717, 1.165) is 23.0 Å². The lowest BCUT2D eigenvalue weighted by Crippen LogP contribution is -2.40. The largest absolute Gasteiger partial charge is 0.388 e. The summed E-state index contributed by atoms with van der Waals surface area (Å²) in [5.74, 6) is 0. The van der Waals surface area contributed by atoms with Gasteiger partial charge in [-0.05, 0) is 43.5 Å². The predicted molar refractivity (Wildman–Crippen MR) is 85.3 cm³/mol. The van der Waals surface area contributed by atoms with Crippen LogP contribution in [-0.2, 0) is 0 Å². The van der Waals surface area contributed by atoms with Crippen LogP contribution in [0.3, 0.4) is 0 Å². The summed E-state index contributed by atoms with van der Waals surface area (Å²) in [5, 5.41) is 10.2. The fraction of sp³-hybridized carbons (Fsp3) is 0.625. The molecule has 0 spiro atoms. The highest BCUT2D eigenvalue weighted by Crippen LogP contribution is 2.25. The van der Waals surface area contributed by atoms with Crippen LogP contribution in [0.2, 0.25) is 0 Å². The molecule has 0 saturated carbocycles. The summed E-state index contributed by atoms with van der Waals surface area (Å²) in [6.45, 7) is 9.89. The number of aliphatic hydroxyl groups excluding tert-OH is 1. The molecule has 1 rings (SSSR count). The number of hydrogen-bond acceptors (Lipinski definition) is 2. The fourth-order valence-electron chi connectivity index (χ4n) is 2.03. The number of hydrogen-bond donors (Lipinski definition) is 1. The number of halogens is 1. The zero-order valence-electron chi connectivity index (χ0n) is 12.7. The van der Waals surface area contributed by atoms with Crippen molar-refractivity contribution in [2.24, 2.45) is 5.41 Å². The molecule has 0 bridgehead atoms. The third-order valence-corrected chi connectivity index (χ3v) is 4.45. The topological polar surface area (TPSA) is 23.5 Å². The molecule has 1 aromatic carbocycles. The molecule has 0 aliphatic heterocycles. The zero-order valence-corrected chi connectivity index (χ0v) is 14.2. The molecule has 0 aromatic heterocycles. The summed E-state index contributed by atoms with van der Waals surface area (Å²) >= 11 is 3.41. The van der Waals surface area contributed by atoms with Gasteiger partial charge in [-0.15, -0.1) is 0 Å². The van der Waals surface area contributed by atoms with E-state index in [4.69, 9.17) is 0 Å². The van der Waals surface area contributed by atoms with Crippen LogP contribution in [0.1, 0.15) is 45.8 Å². The van der Waals surface area contributed by atoms with Crippen molar-refractivity contribution in [2.75, 3.05) is 13.6 Å². The van der Waals surface area contributed by atoms with Gasteiger partial charge in [0.15, 0.2) is 0 Å². The first kappa shape index (κ1) is 16.7. The van der Waals surface area contributed by atoms with Gasteiger partial charge >= 0.3 is 0 Å². The average Bonchev–Trinajstić information content (AvgIpc) is 2.34. The van der Waals surface area contributed by atoms with E-state index in [-0.39, 0.29) is 11.5 Å². The molecule has 0 aliphatic carbocycles. The van der Waals surface area contributed by atoms with Gasteiger partial charge in [-0.3, -0.25) is 0 Å². The van der Waals surface area contributed by atoms with Crippen LogP contribution < -0.4 is 0 Å².